The topological polar surface area (TPSA) is 66.8 Å². The van der Waals surface area contributed by atoms with Crippen LogP contribution in [0.4, 0.5) is 0 Å². The van der Waals surface area contributed by atoms with Gasteiger partial charge in [0, 0.05) is 12.1 Å². The number of carbonyl (C=O) groups excluding carboxylic acids is 2. The second-order valence-corrected chi connectivity index (χ2v) is 8.63. The highest BCUT2D eigenvalue weighted by atomic mass is 16.5. The molecule has 4 aromatic carbocycles. The largest absolute Gasteiger partial charge is 0.507 e. The predicted octanol–water partition coefficient (Wildman–Crippen LogP) is 5.89. The summed E-state index contributed by atoms with van der Waals surface area (Å²) in [6.07, 6.45) is 0. The van der Waals surface area contributed by atoms with Crippen LogP contribution in [-0.4, -0.2) is 21.7 Å². The van der Waals surface area contributed by atoms with Crippen molar-refractivity contribution in [1.29, 1.82) is 0 Å². The van der Waals surface area contributed by atoms with Crippen molar-refractivity contribution >= 4 is 17.4 Å². The first-order valence-corrected chi connectivity index (χ1v) is 11.8. The van der Waals surface area contributed by atoms with Gasteiger partial charge in [-0.15, -0.1) is 0 Å². The number of rotatable bonds is 7. The Morgan fingerprint density at radius 2 is 1.36 bits per heavy atom. The molecule has 0 saturated carbocycles. The minimum absolute atomic E-state index is 0.0716. The number of nitrogens with zero attached hydrogens (tertiary/aromatic N) is 1. The molecule has 1 atom stereocenters. The van der Waals surface area contributed by atoms with Gasteiger partial charge >= 0.3 is 0 Å². The van der Waals surface area contributed by atoms with Crippen molar-refractivity contribution in [2.24, 2.45) is 0 Å². The molecule has 5 heteroatoms. The molecule has 1 unspecified atom stereocenters. The number of ether oxygens (including phenoxy) is 1. The summed E-state index contributed by atoms with van der Waals surface area (Å²) in [6.45, 7) is 0.620. The number of hydrogen-bond donors (Lipinski definition) is 1. The molecule has 1 fully saturated rings. The summed E-state index contributed by atoms with van der Waals surface area (Å²) < 4.78 is 6.01. The Kier molecular flexibility index (Phi) is 6.63. The van der Waals surface area contributed by atoms with Gasteiger partial charge in [-0.25, -0.2) is 0 Å². The maximum absolute atomic E-state index is 13.3. The molecule has 1 heterocycles. The van der Waals surface area contributed by atoms with Gasteiger partial charge in [0.15, 0.2) is 0 Å². The Labute approximate surface area is 209 Å². The van der Waals surface area contributed by atoms with Gasteiger partial charge in [0.2, 0.25) is 0 Å². The normalized spacial score (nSPS) is 16.8. The third kappa shape index (κ3) is 4.77. The number of hydrogen-bond acceptors (Lipinski definition) is 4. The zero-order valence-electron chi connectivity index (χ0n) is 19.6. The fourth-order valence-corrected chi connectivity index (χ4v) is 4.44. The van der Waals surface area contributed by atoms with Crippen molar-refractivity contribution in [2.75, 3.05) is 0 Å². The van der Waals surface area contributed by atoms with Crippen molar-refractivity contribution in [2.45, 2.75) is 19.2 Å². The van der Waals surface area contributed by atoms with Crippen molar-refractivity contribution in [1.82, 2.24) is 4.90 Å². The molecule has 1 N–H and O–H groups in total. The highest BCUT2D eigenvalue weighted by Gasteiger charge is 2.46. The first-order chi connectivity index (χ1) is 17.6. The van der Waals surface area contributed by atoms with Gasteiger partial charge in [-0.1, -0.05) is 103 Å². The molecule has 0 radical (unpaired) electrons. The van der Waals surface area contributed by atoms with Crippen LogP contribution in [-0.2, 0) is 22.7 Å². The molecule has 0 spiro atoms. The van der Waals surface area contributed by atoms with Crippen LogP contribution in [0.1, 0.15) is 28.3 Å². The van der Waals surface area contributed by atoms with Crippen LogP contribution in [0, 0.1) is 0 Å². The lowest BCUT2D eigenvalue weighted by molar-refractivity contribution is -0.140. The Morgan fingerprint density at radius 3 is 2.03 bits per heavy atom. The number of benzene rings is 4. The number of aliphatic hydroxyl groups is 1. The lowest BCUT2D eigenvalue weighted by atomic mass is 9.95. The van der Waals surface area contributed by atoms with E-state index in [4.69, 9.17) is 4.74 Å². The Hall–Kier alpha value is -4.64. The van der Waals surface area contributed by atoms with Gasteiger partial charge in [0.25, 0.3) is 11.7 Å². The van der Waals surface area contributed by atoms with E-state index in [1.165, 1.54) is 4.90 Å². The molecular weight excluding hydrogens is 450 g/mol. The lowest BCUT2D eigenvalue weighted by Crippen LogP contribution is -2.29. The van der Waals surface area contributed by atoms with E-state index in [9.17, 15) is 14.7 Å². The van der Waals surface area contributed by atoms with Gasteiger partial charge < -0.3 is 14.7 Å². The minimum Gasteiger partial charge on any atom is -0.507 e. The third-order valence-corrected chi connectivity index (χ3v) is 6.21. The fraction of sp³-hybridized carbons (Fsp3) is 0.0968. The lowest BCUT2D eigenvalue weighted by Gasteiger charge is -2.26. The molecule has 178 valence electrons. The molecule has 0 bridgehead atoms. The summed E-state index contributed by atoms with van der Waals surface area (Å²) in [6, 6.07) is 34.8. The Bertz CT molecular complexity index is 1400. The SMILES string of the molecule is O=C1C(=O)N(Cc2ccccc2)C(c2cccc(OCc3ccccc3)c2)/C1=C(\O)c1ccccc1. The standard InChI is InChI=1S/C31H25NO4/c33-29(24-15-8-3-9-16-24)27-28(32(31(35)30(27)34)20-22-11-4-1-5-12-22)25-17-10-18-26(19-25)36-21-23-13-6-2-7-14-23/h1-19,28,33H,20-21H2/b29-27+. The number of likely N-dealkylation sites (tertiary alicyclic amines) is 1. The average molecular weight is 476 g/mol. The molecule has 0 aliphatic carbocycles. The fourth-order valence-electron chi connectivity index (χ4n) is 4.44. The van der Waals surface area contributed by atoms with Crippen LogP contribution in [0.15, 0.2) is 121 Å². The van der Waals surface area contributed by atoms with E-state index in [-0.39, 0.29) is 17.9 Å². The first kappa shape index (κ1) is 23.1. The molecule has 1 saturated heterocycles. The van der Waals surface area contributed by atoms with Gasteiger partial charge in [-0.2, -0.15) is 0 Å². The Balaban J connectivity index is 1.55. The second kappa shape index (κ2) is 10.3. The molecule has 4 aromatic rings. The van der Waals surface area contributed by atoms with E-state index < -0.39 is 17.7 Å². The summed E-state index contributed by atoms with van der Waals surface area (Å²) in [7, 11) is 0. The van der Waals surface area contributed by atoms with Gasteiger partial charge in [0.05, 0.1) is 11.6 Å². The van der Waals surface area contributed by atoms with E-state index in [0.29, 0.717) is 23.5 Å². The van der Waals surface area contributed by atoms with Crippen molar-refractivity contribution in [3.05, 3.63) is 143 Å². The van der Waals surface area contributed by atoms with E-state index in [0.717, 1.165) is 11.1 Å². The van der Waals surface area contributed by atoms with Crippen LogP contribution in [0.2, 0.25) is 0 Å². The molecule has 36 heavy (non-hydrogen) atoms. The molecule has 5 nitrogen and oxygen atoms in total. The van der Waals surface area contributed by atoms with Crippen LogP contribution >= 0.6 is 0 Å². The predicted molar refractivity (Wildman–Crippen MR) is 138 cm³/mol. The van der Waals surface area contributed by atoms with Gasteiger partial charge in [-0.3, -0.25) is 9.59 Å². The Morgan fingerprint density at radius 1 is 0.750 bits per heavy atom. The zero-order valence-corrected chi connectivity index (χ0v) is 19.6. The molecule has 1 amide bonds. The summed E-state index contributed by atoms with van der Waals surface area (Å²) in [5, 5.41) is 11.2. The highest BCUT2D eigenvalue weighted by molar-refractivity contribution is 6.46. The molecule has 0 aromatic heterocycles. The average Bonchev–Trinajstić information content (AvgIpc) is 3.18. The number of Topliss-reactive ketones (excluding diaryl/α,β-unsaturated/α-hetero) is 1. The number of aliphatic hydroxyl groups excluding tert-OH is 1. The maximum Gasteiger partial charge on any atom is 0.295 e. The molecule has 1 aliphatic rings. The maximum atomic E-state index is 13.3. The second-order valence-electron chi connectivity index (χ2n) is 8.63. The zero-order chi connectivity index (χ0) is 24.9. The van der Waals surface area contributed by atoms with E-state index in [1.807, 2.05) is 91.0 Å². The van der Waals surface area contributed by atoms with Crippen LogP contribution < -0.4 is 4.74 Å². The monoisotopic (exact) mass is 475 g/mol. The van der Waals surface area contributed by atoms with Crippen LogP contribution in [0.5, 0.6) is 5.75 Å². The molecular formula is C31H25NO4. The van der Waals surface area contributed by atoms with Crippen LogP contribution in [0.25, 0.3) is 5.76 Å². The van der Waals surface area contributed by atoms with E-state index >= 15 is 0 Å². The highest BCUT2D eigenvalue weighted by Crippen LogP contribution is 2.41. The quantitative estimate of drug-likeness (QED) is 0.206. The summed E-state index contributed by atoms with van der Waals surface area (Å²) in [5.74, 6) is -0.920. The molecule has 1 aliphatic heterocycles. The van der Waals surface area contributed by atoms with E-state index in [2.05, 4.69) is 0 Å². The van der Waals surface area contributed by atoms with Crippen molar-refractivity contribution in [3.63, 3.8) is 0 Å². The smallest absolute Gasteiger partial charge is 0.295 e. The third-order valence-electron chi connectivity index (χ3n) is 6.21. The summed E-state index contributed by atoms with van der Waals surface area (Å²) >= 11 is 0. The number of ketones is 1. The van der Waals surface area contributed by atoms with Crippen LogP contribution in [0.3, 0.4) is 0 Å². The van der Waals surface area contributed by atoms with Crippen molar-refractivity contribution in [3.8, 4) is 5.75 Å². The number of amides is 1. The minimum atomic E-state index is -0.759. The van der Waals surface area contributed by atoms with Gasteiger partial charge in [-0.05, 0) is 28.8 Å². The summed E-state index contributed by atoms with van der Waals surface area (Å²) in [5.41, 5.74) is 3.16. The van der Waals surface area contributed by atoms with E-state index in [1.54, 1.807) is 24.3 Å². The first-order valence-electron chi connectivity index (χ1n) is 11.8. The van der Waals surface area contributed by atoms with Crippen molar-refractivity contribution < 1.29 is 19.4 Å². The molecule has 5 rings (SSSR count). The van der Waals surface area contributed by atoms with Gasteiger partial charge in [0.1, 0.15) is 18.1 Å². The summed E-state index contributed by atoms with van der Waals surface area (Å²) in [4.78, 5) is 28.0. The number of carbonyl (C=O) groups is 2.